The molecule has 0 atom stereocenters. The van der Waals surface area contributed by atoms with Gasteiger partial charge in [0.05, 0.1) is 10.7 Å². The SMILES string of the molecule is O=C(COc1ccccc1F)Nc1ccc(N2CCN(C(=O)/C=C/c3ccccc3)CC2)c(Cl)c1. The fourth-order valence-corrected chi connectivity index (χ4v) is 4.05. The Labute approximate surface area is 208 Å². The van der Waals surface area contributed by atoms with Crippen LogP contribution in [0.15, 0.2) is 78.9 Å². The molecule has 2 amide bonds. The molecular weight excluding hydrogens is 469 g/mol. The molecule has 1 aliphatic rings. The first-order valence-corrected chi connectivity index (χ1v) is 11.6. The third kappa shape index (κ3) is 6.61. The quantitative estimate of drug-likeness (QED) is 0.477. The molecule has 180 valence electrons. The Hall–Kier alpha value is -3.84. The minimum Gasteiger partial charge on any atom is -0.481 e. The number of halogens is 2. The summed E-state index contributed by atoms with van der Waals surface area (Å²) in [5.74, 6) is -0.950. The van der Waals surface area contributed by atoms with Gasteiger partial charge in [0.2, 0.25) is 5.91 Å². The van der Waals surface area contributed by atoms with Crippen LogP contribution in [0.4, 0.5) is 15.8 Å². The number of carbonyl (C=O) groups excluding carboxylic acids is 2. The number of hydrogen-bond donors (Lipinski definition) is 1. The van der Waals surface area contributed by atoms with E-state index in [9.17, 15) is 14.0 Å². The zero-order valence-corrected chi connectivity index (χ0v) is 19.7. The third-order valence-electron chi connectivity index (χ3n) is 5.58. The highest BCUT2D eigenvalue weighted by atomic mass is 35.5. The molecule has 0 aliphatic carbocycles. The molecular formula is C27H25ClFN3O3. The number of rotatable bonds is 7. The van der Waals surface area contributed by atoms with Crippen LogP contribution >= 0.6 is 11.6 Å². The van der Waals surface area contributed by atoms with E-state index in [0.717, 1.165) is 11.3 Å². The number of nitrogens with zero attached hydrogens (tertiary/aromatic N) is 2. The first-order chi connectivity index (χ1) is 17.0. The van der Waals surface area contributed by atoms with E-state index in [-0.39, 0.29) is 18.3 Å². The first-order valence-electron chi connectivity index (χ1n) is 11.2. The smallest absolute Gasteiger partial charge is 0.262 e. The van der Waals surface area contributed by atoms with Crippen molar-refractivity contribution in [3.05, 3.63) is 95.3 Å². The Bertz CT molecular complexity index is 1210. The maximum atomic E-state index is 13.6. The Balaban J connectivity index is 1.28. The second-order valence-corrected chi connectivity index (χ2v) is 8.40. The average Bonchev–Trinajstić information content (AvgIpc) is 2.88. The summed E-state index contributed by atoms with van der Waals surface area (Å²) in [6.07, 6.45) is 3.42. The maximum absolute atomic E-state index is 13.6. The van der Waals surface area contributed by atoms with E-state index < -0.39 is 11.7 Å². The Kier molecular flexibility index (Phi) is 8.00. The largest absolute Gasteiger partial charge is 0.481 e. The molecule has 6 nitrogen and oxygen atoms in total. The Morgan fingerprint density at radius 3 is 2.40 bits per heavy atom. The molecule has 1 saturated heterocycles. The molecule has 8 heteroatoms. The summed E-state index contributed by atoms with van der Waals surface area (Å²) in [6.45, 7) is 2.13. The van der Waals surface area contributed by atoms with E-state index in [4.69, 9.17) is 16.3 Å². The van der Waals surface area contributed by atoms with Crippen LogP contribution in [0.1, 0.15) is 5.56 Å². The predicted octanol–water partition coefficient (Wildman–Crippen LogP) is 4.86. The van der Waals surface area contributed by atoms with E-state index >= 15 is 0 Å². The van der Waals surface area contributed by atoms with Gasteiger partial charge >= 0.3 is 0 Å². The molecule has 0 unspecified atom stereocenters. The molecule has 0 saturated carbocycles. The summed E-state index contributed by atoms with van der Waals surface area (Å²) in [7, 11) is 0. The molecule has 0 radical (unpaired) electrons. The van der Waals surface area contributed by atoms with Crippen LogP contribution in [0, 0.1) is 5.82 Å². The lowest BCUT2D eigenvalue weighted by Gasteiger charge is -2.36. The maximum Gasteiger partial charge on any atom is 0.262 e. The number of carbonyl (C=O) groups is 2. The minimum absolute atomic E-state index is 0.0178. The summed E-state index contributed by atoms with van der Waals surface area (Å²) < 4.78 is 18.8. The molecule has 0 aromatic heterocycles. The average molecular weight is 494 g/mol. The molecule has 1 aliphatic heterocycles. The fraction of sp³-hybridized carbons (Fsp3) is 0.185. The van der Waals surface area contributed by atoms with Gasteiger partial charge in [0.15, 0.2) is 18.2 Å². The summed E-state index contributed by atoms with van der Waals surface area (Å²) in [5.41, 5.74) is 2.33. The van der Waals surface area contributed by atoms with Gasteiger partial charge in [-0.2, -0.15) is 0 Å². The van der Waals surface area contributed by atoms with Crippen molar-refractivity contribution in [1.82, 2.24) is 4.90 Å². The standard InChI is InChI=1S/C27H25ClFN3O3/c28-22-18-21(30-26(33)19-35-25-9-5-4-8-23(25)29)11-12-24(22)31-14-16-32(17-15-31)27(34)13-10-20-6-2-1-3-7-20/h1-13,18H,14-17,19H2,(H,30,33)/b13-10+. The van der Waals surface area contributed by atoms with Gasteiger partial charge < -0.3 is 19.9 Å². The van der Waals surface area contributed by atoms with Crippen LogP contribution in [0.3, 0.4) is 0 Å². The molecule has 3 aromatic rings. The van der Waals surface area contributed by atoms with Gasteiger partial charge in [-0.3, -0.25) is 9.59 Å². The molecule has 0 bridgehead atoms. The second kappa shape index (κ2) is 11.5. The van der Waals surface area contributed by atoms with Gasteiger partial charge in [-0.25, -0.2) is 4.39 Å². The number of amides is 2. The molecule has 1 N–H and O–H groups in total. The molecule has 1 fully saturated rings. The van der Waals surface area contributed by atoms with Gasteiger partial charge in [0, 0.05) is 37.9 Å². The normalized spacial score (nSPS) is 13.7. The lowest BCUT2D eigenvalue weighted by atomic mass is 10.2. The van der Waals surface area contributed by atoms with Gasteiger partial charge in [0.25, 0.3) is 5.91 Å². The van der Waals surface area contributed by atoms with Gasteiger partial charge in [-0.15, -0.1) is 0 Å². The molecule has 0 spiro atoms. The van der Waals surface area contributed by atoms with E-state index in [1.807, 2.05) is 47.4 Å². The van der Waals surface area contributed by atoms with Gasteiger partial charge in [-0.05, 0) is 42.0 Å². The van der Waals surface area contributed by atoms with Crippen molar-refractivity contribution in [2.75, 3.05) is 43.0 Å². The lowest BCUT2D eigenvalue weighted by molar-refractivity contribution is -0.126. The minimum atomic E-state index is -0.526. The van der Waals surface area contributed by atoms with Crippen molar-refractivity contribution in [2.45, 2.75) is 0 Å². The second-order valence-electron chi connectivity index (χ2n) is 7.99. The van der Waals surface area contributed by atoms with Crippen LogP contribution < -0.4 is 15.0 Å². The fourth-order valence-electron chi connectivity index (χ4n) is 3.75. The highest BCUT2D eigenvalue weighted by Crippen LogP contribution is 2.30. The van der Waals surface area contributed by atoms with Gasteiger partial charge in [-0.1, -0.05) is 54.1 Å². The zero-order valence-electron chi connectivity index (χ0n) is 19.0. The summed E-state index contributed by atoms with van der Waals surface area (Å²) in [5, 5.41) is 3.19. The van der Waals surface area contributed by atoms with Crippen LogP contribution in [-0.4, -0.2) is 49.5 Å². The summed E-state index contributed by atoms with van der Waals surface area (Å²) >= 11 is 6.49. The highest BCUT2D eigenvalue weighted by Gasteiger charge is 2.21. The van der Waals surface area contributed by atoms with Crippen LogP contribution in [0.2, 0.25) is 5.02 Å². The number of ether oxygens (including phenoxy) is 1. The monoisotopic (exact) mass is 493 g/mol. The van der Waals surface area contributed by atoms with Crippen molar-refractivity contribution < 1.29 is 18.7 Å². The van der Waals surface area contributed by atoms with Crippen molar-refractivity contribution in [1.29, 1.82) is 0 Å². The predicted molar refractivity (Wildman–Crippen MR) is 136 cm³/mol. The number of hydrogen-bond acceptors (Lipinski definition) is 4. The van der Waals surface area contributed by atoms with E-state index in [1.54, 1.807) is 30.3 Å². The van der Waals surface area contributed by atoms with E-state index in [2.05, 4.69) is 10.2 Å². The number of para-hydroxylation sites is 1. The molecule has 3 aromatic carbocycles. The van der Waals surface area contributed by atoms with Gasteiger partial charge in [0.1, 0.15) is 0 Å². The highest BCUT2D eigenvalue weighted by molar-refractivity contribution is 6.33. The zero-order chi connectivity index (χ0) is 24.6. The van der Waals surface area contributed by atoms with Crippen molar-refractivity contribution in [3.63, 3.8) is 0 Å². The lowest BCUT2D eigenvalue weighted by Crippen LogP contribution is -2.48. The molecule has 1 heterocycles. The Morgan fingerprint density at radius 2 is 1.69 bits per heavy atom. The first kappa shape index (κ1) is 24.3. The van der Waals surface area contributed by atoms with Crippen LogP contribution in [0.25, 0.3) is 6.08 Å². The number of piperazine rings is 1. The van der Waals surface area contributed by atoms with Crippen LogP contribution in [-0.2, 0) is 9.59 Å². The Morgan fingerprint density at radius 1 is 0.971 bits per heavy atom. The number of nitrogens with one attached hydrogen (secondary N) is 1. The topological polar surface area (TPSA) is 61.9 Å². The van der Waals surface area contributed by atoms with Crippen molar-refractivity contribution in [3.8, 4) is 5.75 Å². The van der Waals surface area contributed by atoms with E-state index in [1.165, 1.54) is 12.1 Å². The van der Waals surface area contributed by atoms with Crippen molar-refractivity contribution >= 4 is 40.9 Å². The van der Waals surface area contributed by atoms with E-state index in [0.29, 0.717) is 36.9 Å². The van der Waals surface area contributed by atoms with Crippen LogP contribution in [0.5, 0.6) is 5.75 Å². The number of benzene rings is 3. The number of anilines is 2. The summed E-state index contributed by atoms with van der Waals surface area (Å²) in [4.78, 5) is 28.6. The molecule has 4 rings (SSSR count). The summed E-state index contributed by atoms with van der Waals surface area (Å²) in [6, 6.07) is 20.9. The third-order valence-corrected chi connectivity index (χ3v) is 5.88. The van der Waals surface area contributed by atoms with Crippen molar-refractivity contribution in [2.24, 2.45) is 0 Å². The molecule has 35 heavy (non-hydrogen) atoms.